The van der Waals surface area contributed by atoms with Crippen LogP contribution in [0.4, 0.5) is 10.5 Å². The minimum Gasteiger partial charge on any atom is -0.446 e. The van der Waals surface area contributed by atoms with Crippen LogP contribution in [0.1, 0.15) is 38.5 Å². The van der Waals surface area contributed by atoms with Crippen molar-refractivity contribution in [2.24, 2.45) is 0 Å². The SMILES string of the molecule is O=C1CCCC[C@H](OC(=O)Nc2ccccc2)CC1. The molecule has 4 nitrogen and oxygen atoms in total. The van der Waals surface area contributed by atoms with Gasteiger partial charge in [0.15, 0.2) is 0 Å². The van der Waals surface area contributed by atoms with Gasteiger partial charge in [0.2, 0.25) is 0 Å². The maximum atomic E-state index is 11.7. The minimum absolute atomic E-state index is 0.145. The molecule has 1 aliphatic rings. The van der Waals surface area contributed by atoms with Gasteiger partial charge in [-0.1, -0.05) is 18.2 Å². The molecule has 0 aromatic heterocycles. The molecular formula is C15H19NO3. The first-order valence-corrected chi connectivity index (χ1v) is 6.78. The zero-order valence-corrected chi connectivity index (χ0v) is 10.9. The summed E-state index contributed by atoms with van der Waals surface area (Å²) in [6.07, 6.45) is 3.92. The molecule has 0 unspecified atom stereocenters. The molecule has 1 aromatic rings. The summed E-state index contributed by atoms with van der Waals surface area (Å²) in [6, 6.07) is 9.21. The number of Topliss-reactive ketones (excluding diaryl/α,β-unsaturated/α-hetero) is 1. The molecule has 1 fully saturated rings. The molecule has 0 heterocycles. The number of carbonyl (C=O) groups is 2. The van der Waals surface area contributed by atoms with Crippen molar-refractivity contribution >= 4 is 17.6 Å². The summed E-state index contributed by atoms with van der Waals surface area (Å²) in [7, 11) is 0. The Morgan fingerprint density at radius 3 is 2.68 bits per heavy atom. The fourth-order valence-corrected chi connectivity index (χ4v) is 2.22. The number of hydrogen-bond acceptors (Lipinski definition) is 3. The van der Waals surface area contributed by atoms with Crippen molar-refractivity contribution in [3.05, 3.63) is 30.3 Å². The van der Waals surface area contributed by atoms with Crippen molar-refractivity contribution in [1.82, 2.24) is 0 Å². The molecule has 0 saturated heterocycles. The van der Waals surface area contributed by atoms with Crippen molar-refractivity contribution in [2.45, 2.75) is 44.6 Å². The quantitative estimate of drug-likeness (QED) is 0.886. The molecule has 1 aromatic carbocycles. The van der Waals surface area contributed by atoms with Gasteiger partial charge in [0.25, 0.3) is 0 Å². The van der Waals surface area contributed by atoms with Crippen molar-refractivity contribution < 1.29 is 14.3 Å². The van der Waals surface area contributed by atoms with E-state index in [1.807, 2.05) is 30.3 Å². The van der Waals surface area contributed by atoms with E-state index in [2.05, 4.69) is 5.32 Å². The van der Waals surface area contributed by atoms with Gasteiger partial charge in [0.05, 0.1) is 0 Å². The lowest BCUT2D eigenvalue weighted by Crippen LogP contribution is -2.24. The molecule has 1 saturated carbocycles. The summed E-state index contributed by atoms with van der Waals surface area (Å²) < 4.78 is 5.38. The van der Waals surface area contributed by atoms with Crippen LogP contribution in [0.3, 0.4) is 0 Å². The highest BCUT2D eigenvalue weighted by Gasteiger charge is 2.18. The van der Waals surface area contributed by atoms with Crippen molar-refractivity contribution in [3.63, 3.8) is 0 Å². The molecular weight excluding hydrogens is 242 g/mol. The van der Waals surface area contributed by atoms with Crippen LogP contribution in [0.2, 0.25) is 0 Å². The zero-order chi connectivity index (χ0) is 13.5. The zero-order valence-electron chi connectivity index (χ0n) is 10.9. The molecule has 0 radical (unpaired) electrons. The average Bonchev–Trinajstić information content (AvgIpc) is 2.39. The van der Waals surface area contributed by atoms with E-state index in [0.717, 1.165) is 24.9 Å². The molecule has 1 amide bonds. The normalized spacial score (nSPS) is 20.2. The summed E-state index contributed by atoms with van der Waals surface area (Å²) in [5, 5.41) is 2.69. The van der Waals surface area contributed by atoms with Crippen molar-refractivity contribution in [1.29, 1.82) is 0 Å². The van der Waals surface area contributed by atoms with Gasteiger partial charge in [0.1, 0.15) is 11.9 Å². The number of ketones is 1. The number of para-hydroxylation sites is 1. The number of carbonyl (C=O) groups excluding carboxylic acids is 2. The summed E-state index contributed by atoms with van der Waals surface area (Å²) in [5.74, 6) is 0.275. The highest BCUT2D eigenvalue weighted by atomic mass is 16.6. The van der Waals surface area contributed by atoms with Crippen LogP contribution in [0.15, 0.2) is 30.3 Å². The van der Waals surface area contributed by atoms with Gasteiger partial charge in [0, 0.05) is 18.5 Å². The number of hydrogen-bond donors (Lipinski definition) is 1. The lowest BCUT2D eigenvalue weighted by atomic mass is 9.98. The highest BCUT2D eigenvalue weighted by Crippen LogP contribution is 2.18. The van der Waals surface area contributed by atoms with Crippen LogP contribution in [0, 0.1) is 0 Å². The highest BCUT2D eigenvalue weighted by molar-refractivity contribution is 5.84. The van der Waals surface area contributed by atoms with Crippen molar-refractivity contribution in [2.75, 3.05) is 5.32 Å². The number of benzene rings is 1. The van der Waals surface area contributed by atoms with Crippen LogP contribution in [-0.4, -0.2) is 18.0 Å². The van der Waals surface area contributed by atoms with Crippen LogP contribution in [-0.2, 0) is 9.53 Å². The van der Waals surface area contributed by atoms with Gasteiger partial charge in [-0.05, 0) is 37.8 Å². The molecule has 4 heteroatoms. The number of anilines is 1. The van der Waals surface area contributed by atoms with Gasteiger partial charge in [-0.15, -0.1) is 0 Å². The standard InChI is InChI=1S/C15H19NO3/c17-13-8-4-5-9-14(11-10-13)19-15(18)16-12-6-2-1-3-7-12/h1-3,6-7,14H,4-5,8-11H2,(H,16,18)/t14-/m0/s1. The smallest absolute Gasteiger partial charge is 0.411 e. The van der Waals surface area contributed by atoms with Gasteiger partial charge >= 0.3 is 6.09 Å². The monoisotopic (exact) mass is 261 g/mol. The maximum Gasteiger partial charge on any atom is 0.411 e. The second-order valence-corrected chi connectivity index (χ2v) is 4.84. The Balaban J connectivity index is 1.82. The molecule has 0 aliphatic heterocycles. The van der Waals surface area contributed by atoms with E-state index in [9.17, 15) is 9.59 Å². The Morgan fingerprint density at radius 1 is 1.11 bits per heavy atom. The third-order valence-corrected chi connectivity index (χ3v) is 3.27. The Bertz CT molecular complexity index is 430. The van der Waals surface area contributed by atoms with Crippen molar-refractivity contribution in [3.8, 4) is 0 Å². The third kappa shape index (κ3) is 4.73. The second-order valence-electron chi connectivity index (χ2n) is 4.84. The Kier molecular flexibility index (Phi) is 4.95. The summed E-state index contributed by atoms with van der Waals surface area (Å²) >= 11 is 0. The molecule has 102 valence electrons. The molecule has 2 rings (SSSR count). The van der Waals surface area contributed by atoms with Crippen LogP contribution in [0.5, 0.6) is 0 Å². The van der Waals surface area contributed by atoms with Gasteiger partial charge < -0.3 is 4.74 Å². The molecule has 1 atom stereocenters. The predicted molar refractivity (Wildman–Crippen MR) is 73.0 cm³/mol. The van der Waals surface area contributed by atoms with Gasteiger partial charge in [-0.3, -0.25) is 10.1 Å². The lowest BCUT2D eigenvalue weighted by Gasteiger charge is -2.19. The molecule has 0 bridgehead atoms. The summed E-state index contributed by atoms with van der Waals surface area (Å²) in [5.41, 5.74) is 0.717. The first-order chi connectivity index (χ1) is 9.24. The van der Waals surface area contributed by atoms with Crippen LogP contribution in [0.25, 0.3) is 0 Å². The van der Waals surface area contributed by atoms with Crippen LogP contribution >= 0.6 is 0 Å². The average molecular weight is 261 g/mol. The Labute approximate surface area is 113 Å². The van der Waals surface area contributed by atoms with Crippen LogP contribution < -0.4 is 5.32 Å². The number of ether oxygens (including phenoxy) is 1. The molecule has 0 spiro atoms. The largest absolute Gasteiger partial charge is 0.446 e. The van der Waals surface area contributed by atoms with E-state index in [4.69, 9.17) is 4.74 Å². The van der Waals surface area contributed by atoms with E-state index in [1.54, 1.807) is 0 Å². The van der Waals surface area contributed by atoms with E-state index in [-0.39, 0.29) is 11.9 Å². The first-order valence-electron chi connectivity index (χ1n) is 6.78. The first kappa shape index (κ1) is 13.6. The topological polar surface area (TPSA) is 55.4 Å². The fraction of sp³-hybridized carbons (Fsp3) is 0.467. The Morgan fingerprint density at radius 2 is 1.89 bits per heavy atom. The predicted octanol–water partition coefficient (Wildman–Crippen LogP) is 3.53. The fourth-order valence-electron chi connectivity index (χ4n) is 2.22. The number of amides is 1. The lowest BCUT2D eigenvalue weighted by molar-refractivity contribution is -0.120. The summed E-state index contributed by atoms with van der Waals surface area (Å²) in [4.78, 5) is 23.1. The van der Waals surface area contributed by atoms with E-state index in [0.29, 0.717) is 19.3 Å². The van der Waals surface area contributed by atoms with Gasteiger partial charge in [-0.2, -0.15) is 0 Å². The number of rotatable bonds is 2. The third-order valence-electron chi connectivity index (χ3n) is 3.27. The Hall–Kier alpha value is -1.84. The van der Waals surface area contributed by atoms with Gasteiger partial charge in [-0.25, -0.2) is 4.79 Å². The maximum absolute atomic E-state index is 11.7. The molecule has 19 heavy (non-hydrogen) atoms. The minimum atomic E-state index is -0.441. The van der Waals surface area contributed by atoms with E-state index >= 15 is 0 Å². The molecule has 1 N–H and O–H groups in total. The molecule has 1 aliphatic carbocycles. The van der Waals surface area contributed by atoms with E-state index in [1.165, 1.54) is 0 Å². The second kappa shape index (κ2) is 6.92. The number of nitrogens with one attached hydrogen (secondary N) is 1. The summed E-state index contributed by atoms with van der Waals surface area (Å²) in [6.45, 7) is 0. The van der Waals surface area contributed by atoms with E-state index < -0.39 is 6.09 Å².